The van der Waals surface area contributed by atoms with Crippen molar-refractivity contribution in [1.82, 2.24) is 14.9 Å². The Bertz CT molecular complexity index is 1450. The highest BCUT2D eigenvalue weighted by molar-refractivity contribution is 5.91. The van der Waals surface area contributed by atoms with Gasteiger partial charge in [0.05, 0.1) is 30.3 Å². The normalized spacial score (nSPS) is 18.9. The van der Waals surface area contributed by atoms with Crippen LogP contribution in [0, 0.1) is 19.8 Å². The van der Waals surface area contributed by atoms with Crippen molar-refractivity contribution in [3.05, 3.63) is 52.3 Å². The number of nitrogens with one attached hydrogen (secondary N) is 1. The summed E-state index contributed by atoms with van der Waals surface area (Å²) in [6.45, 7) is 6.96. The minimum atomic E-state index is -4.52. The molecule has 1 amide bonds. The smallest absolute Gasteiger partial charge is 0.416 e. The highest BCUT2D eigenvalue weighted by Gasteiger charge is 2.34. The Hall–Kier alpha value is -3.60. The average Bonchev–Trinajstić information content (AvgIpc) is 2.92. The van der Waals surface area contributed by atoms with Gasteiger partial charge in [-0.1, -0.05) is 0 Å². The molecule has 1 aliphatic rings. The first-order valence-corrected chi connectivity index (χ1v) is 14.2. The van der Waals surface area contributed by atoms with E-state index in [0.717, 1.165) is 42.7 Å². The number of benzene rings is 2. The quantitative estimate of drug-likeness (QED) is 0.271. The molecule has 2 aromatic carbocycles. The number of nitrogens with zero attached hydrogens (tertiary/aromatic N) is 3. The van der Waals surface area contributed by atoms with E-state index in [0.29, 0.717) is 35.0 Å². The van der Waals surface area contributed by atoms with Crippen molar-refractivity contribution in [3.8, 4) is 5.75 Å². The van der Waals surface area contributed by atoms with E-state index in [1.54, 1.807) is 45.9 Å². The summed E-state index contributed by atoms with van der Waals surface area (Å²) in [4.78, 5) is 23.7. The van der Waals surface area contributed by atoms with E-state index in [1.165, 1.54) is 6.92 Å². The van der Waals surface area contributed by atoms with Crippen molar-refractivity contribution < 1.29 is 27.8 Å². The third-order valence-corrected chi connectivity index (χ3v) is 8.18. The Kier molecular flexibility index (Phi) is 9.20. The Morgan fingerprint density at radius 2 is 1.81 bits per heavy atom. The monoisotopic (exact) mass is 587 g/mol. The molecular formula is C31H40F3N5O3. The summed E-state index contributed by atoms with van der Waals surface area (Å²) in [7, 11) is 3.33. The second-order valence-electron chi connectivity index (χ2n) is 11.5. The molecule has 228 valence electrons. The number of ether oxygens (including phenoxy) is 1. The van der Waals surface area contributed by atoms with Crippen LogP contribution in [0.4, 0.5) is 24.7 Å². The number of aliphatic hydroxyl groups is 1. The molecule has 0 saturated heterocycles. The van der Waals surface area contributed by atoms with Gasteiger partial charge in [-0.2, -0.15) is 13.2 Å². The van der Waals surface area contributed by atoms with Crippen LogP contribution >= 0.6 is 0 Å². The predicted octanol–water partition coefficient (Wildman–Crippen LogP) is 6.14. The molecule has 0 radical (unpaired) electrons. The van der Waals surface area contributed by atoms with Crippen LogP contribution in [-0.2, 0) is 11.0 Å². The third-order valence-electron chi connectivity index (χ3n) is 8.18. The molecule has 3 aromatic rings. The SMILES string of the molecule is COc1cc2nc(C)nc(N[C@H](C)c3cc(N)cc(C(F)(F)F)c3C)c2cc1[C@H]1CC[C@H](C(=O)N(C)C[C@@H](C)O)CC1. The summed E-state index contributed by atoms with van der Waals surface area (Å²) in [5.41, 5.74) is 7.33. The number of halogens is 3. The molecule has 1 fully saturated rings. The minimum absolute atomic E-state index is 0.0403. The van der Waals surface area contributed by atoms with E-state index in [1.807, 2.05) is 12.1 Å². The molecule has 1 heterocycles. The number of aromatic nitrogens is 2. The largest absolute Gasteiger partial charge is 0.496 e. The fourth-order valence-electron chi connectivity index (χ4n) is 6.13. The number of likely N-dealkylation sites (N-methyl/N-ethyl adjacent to an activating group) is 1. The summed E-state index contributed by atoms with van der Waals surface area (Å²) >= 11 is 0. The Labute approximate surface area is 244 Å². The topological polar surface area (TPSA) is 114 Å². The van der Waals surface area contributed by atoms with Crippen LogP contribution in [-0.4, -0.2) is 52.7 Å². The molecule has 0 unspecified atom stereocenters. The number of nitrogens with two attached hydrogens (primary N) is 1. The van der Waals surface area contributed by atoms with Crippen molar-refractivity contribution in [2.24, 2.45) is 5.92 Å². The molecule has 1 saturated carbocycles. The first-order chi connectivity index (χ1) is 19.7. The van der Waals surface area contributed by atoms with E-state index < -0.39 is 23.9 Å². The Morgan fingerprint density at radius 3 is 2.40 bits per heavy atom. The summed E-state index contributed by atoms with van der Waals surface area (Å²) in [6.07, 6.45) is -2.09. The van der Waals surface area contributed by atoms with Gasteiger partial charge in [-0.25, -0.2) is 9.97 Å². The molecule has 42 heavy (non-hydrogen) atoms. The van der Waals surface area contributed by atoms with Crippen LogP contribution < -0.4 is 15.8 Å². The molecule has 0 spiro atoms. The van der Waals surface area contributed by atoms with Gasteiger partial charge < -0.3 is 25.8 Å². The fourth-order valence-corrected chi connectivity index (χ4v) is 6.13. The minimum Gasteiger partial charge on any atom is -0.496 e. The van der Waals surface area contributed by atoms with Crippen LogP contribution in [0.2, 0.25) is 0 Å². The van der Waals surface area contributed by atoms with E-state index in [-0.39, 0.29) is 29.0 Å². The van der Waals surface area contributed by atoms with Gasteiger partial charge in [0, 0.05) is 36.7 Å². The molecule has 1 aliphatic carbocycles. The summed E-state index contributed by atoms with van der Waals surface area (Å²) in [6, 6.07) is 5.86. The van der Waals surface area contributed by atoms with Crippen LogP contribution in [0.3, 0.4) is 0 Å². The molecule has 1 aromatic heterocycles. The molecule has 11 heteroatoms. The zero-order valence-corrected chi connectivity index (χ0v) is 25.0. The average molecular weight is 588 g/mol. The second kappa shape index (κ2) is 12.3. The van der Waals surface area contributed by atoms with Crippen LogP contribution in [0.5, 0.6) is 5.75 Å². The number of fused-ring (bicyclic) bond motifs is 1. The predicted molar refractivity (Wildman–Crippen MR) is 157 cm³/mol. The van der Waals surface area contributed by atoms with Gasteiger partial charge in [0.1, 0.15) is 17.4 Å². The highest BCUT2D eigenvalue weighted by atomic mass is 19.4. The molecular weight excluding hydrogens is 547 g/mol. The lowest BCUT2D eigenvalue weighted by atomic mass is 9.77. The number of methoxy groups -OCH3 is 1. The number of nitrogen functional groups attached to an aromatic ring is 1. The lowest BCUT2D eigenvalue weighted by Crippen LogP contribution is -2.38. The number of carbonyl (C=O) groups excluding carboxylic acids is 1. The molecule has 0 bridgehead atoms. The first-order valence-electron chi connectivity index (χ1n) is 14.2. The standard InChI is InChI=1S/C31H40F3N5O3/c1-16(40)15-39(5)30(41)21-9-7-20(8-10-21)24-13-25-27(14-28(24)42-6)37-19(4)38-29(25)36-18(3)23-11-22(35)12-26(17(23)2)31(32,33)34/h11-14,16,18,20-21,40H,7-10,15,35H2,1-6H3,(H,36,37,38)/t16-,18-,20-,21-/m1/s1. The zero-order valence-electron chi connectivity index (χ0n) is 25.0. The maximum atomic E-state index is 13.7. The van der Waals surface area contributed by atoms with Crippen molar-refractivity contribution >= 4 is 28.3 Å². The Balaban J connectivity index is 1.65. The number of hydrogen-bond acceptors (Lipinski definition) is 7. The number of alkyl halides is 3. The number of aliphatic hydroxyl groups excluding tert-OH is 1. The van der Waals surface area contributed by atoms with Gasteiger partial charge in [0.25, 0.3) is 0 Å². The van der Waals surface area contributed by atoms with Crippen molar-refractivity contribution in [3.63, 3.8) is 0 Å². The van der Waals surface area contributed by atoms with Crippen molar-refractivity contribution in [1.29, 1.82) is 0 Å². The van der Waals surface area contributed by atoms with E-state index in [2.05, 4.69) is 15.3 Å². The van der Waals surface area contributed by atoms with E-state index >= 15 is 0 Å². The molecule has 4 N–H and O–H groups in total. The zero-order chi connectivity index (χ0) is 30.9. The number of hydrogen-bond donors (Lipinski definition) is 3. The maximum absolute atomic E-state index is 13.7. The molecule has 2 atom stereocenters. The third kappa shape index (κ3) is 6.72. The van der Waals surface area contributed by atoms with Crippen molar-refractivity contribution in [2.75, 3.05) is 31.8 Å². The van der Waals surface area contributed by atoms with Gasteiger partial charge in [-0.15, -0.1) is 0 Å². The number of carbonyl (C=O) groups is 1. The number of aryl methyl sites for hydroxylation is 1. The van der Waals surface area contributed by atoms with Gasteiger partial charge in [0.15, 0.2) is 0 Å². The summed E-state index contributed by atoms with van der Waals surface area (Å²) in [5, 5.41) is 13.7. The fraction of sp³-hybridized carbons (Fsp3) is 0.516. The van der Waals surface area contributed by atoms with Gasteiger partial charge in [-0.3, -0.25) is 4.79 Å². The van der Waals surface area contributed by atoms with Gasteiger partial charge in [-0.05, 0) is 94.2 Å². The second-order valence-corrected chi connectivity index (χ2v) is 11.5. The number of rotatable bonds is 8. The molecule has 0 aliphatic heterocycles. The lowest BCUT2D eigenvalue weighted by Gasteiger charge is -2.32. The van der Waals surface area contributed by atoms with Gasteiger partial charge in [0.2, 0.25) is 5.91 Å². The highest BCUT2D eigenvalue weighted by Crippen LogP contribution is 2.43. The number of amides is 1. The van der Waals surface area contributed by atoms with Crippen molar-refractivity contribution in [2.45, 2.75) is 77.6 Å². The number of anilines is 2. The van der Waals surface area contributed by atoms with E-state index in [9.17, 15) is 23.1 Å². The van der Waals surface area contributed by atoms with Gasteiger partial charge >= 0.3 is 6.18 Å². The van der Waals surface area contributed by atoms with E-state index in [4.69, 9.17) is 10.5 Å². The lowest BCUT2D eigenvalue weighted by molar-refractivity contribution is -0.138. The first kappa shape index (κ1) is 31.3. The summed E-state index contributed by atoms with van der Waals surface area (Å²) in [5.74, 6) is 1.81. The molecule has 8 nitrogen and oxygen atoms in total. The Morgan fingerprint density at radius 1 is 1.14 bits per heavy atom. The maximum Gasteiger partial charge on any atom is 0.416 e. The molecule has 4 rings (SSSR count). The van der Waals surface area contributed by atoms with Crippen LogP contribution in [0.1, 0.15) is 79.6 Å². The van der Waals surface area contributed by atoms with Crippen LogP contribution in [0.25, 0.3) is 10.9 Å². The summed E-state index contributed by atoms with van der Waals surface area (Å²) < 4.78 is 46.8. The van der Waals surface area contributed by atoms with Crippen LogP contribution in [0.15, 0.2) is 24.3 Å².